The minimum atomic E-state index is -0.482. The molecule has 0 saturated carbocycles. The average molecular weight is 265 g/mol. The van der Waals surface area contributed by atoms with E-state index in [0.717, 1.165) is 26.1 Å². The van der Waals surface area contributed by atoms with E-state index in [1.807, 2.05) is 4.68 Å². The summed E-state index contributed by atoms with van der Waals surface area (Å²) in [5.41, 5.74) is 0. The van der Waals surface area contributed by atoms with E-state index < -0.39 is 5.97 Å². The predicted molar refractivity (Wildman–Crippen MR) is 69.1 cm³/mol. The molecule has 7 heteroatoms. The molecule has 1 aromatic heterocycles. The van der Waals surface area contributed by atoms with Gasteiger partial charge in [-0.2, -0.15) is 4.98 Å². The zero-order valence-electron chi connectivity index (χ0n) is 11.1. The number of ether oxygens (including phenoxy) is 1. The van der Waals surface area contributed by atoms with E-state index in [1.165, 1.54) is 20.0 Å². The van der Waals surface area contributed by atoms with Crippen LogP contribution in [0.25, 0.3) is 0 Å². The zero-order chi connectivity index (χ0) is 13.2. The number of carbonyl (C=O) groups is 1. The smallest absolute Gasteiger partial charge is 0.378 e. The summed E-state index contributed by atoms with van der Waals surface area (Å²) >= 11 is 0. The van der Waals surface area contributed by atoms with Crippen LogP contribution in [-0.2, 0) is 4.74 Å². The molecule has 0 amide bonds. The highest BCUT2D eigenvalue weighted by Gasteiger charge is 2.31. The zero-order valence-corrected chi connectivity index (χ0v) is 11.1. The maximum Gasteiger partial charge on any atom is 0.378 e. The molecular formula is C12H19N5O2. The first-order chi connectivity index (χ1) is 9.29. The Morgan fingerprint density at radius 3 is 3.05 bits per heavy atom. The summed E-state index contributed by atoms with van der Waals surface area (Å²) in [5, 5.41) is 10.9. The second kappa shape index (κ2) is 5.16. The fourth-order valence-corrected chi connectivity index (χ4v) is 2.95. The largest absolute Gasteiger partial charge is 0.463 e. The molecule has 1 aromatic rings. The van der Waals surface area contributed by atoms with Crippen LogP contribution in [0, 0.1) is 5.92 Å². The number of rotatable bonds is 2. The van der Waals surface area contributed by atoms with Gasteiger partial charge in [-0.1, -0.05) is 0 Å². The van der Waals surface area contributed by atoms with Crippen molar-refractivity contribution in [3.63, 3.8) is 0 Å². The van der Waals surface area contributed by atoms with E-state index in [4.69, 9.17) is 0 Å². The van der Waals surface area contributed by atoms with Crippen LogP contribution < -0.4 is 10.6 Å². The first-order valence-electron chi connectivity index (χ1n) is 6.79. The van der Waals surface area contributed by atoms with Crippen molar-refractivity contribution >= 4 is 11.9 Å². The van der Waals surface area contributed by atoms with Gasteiger partial charge in [0.1, 0.15) is 0 Å². The predicted octanol–water partition coefficient (Wildman–Crippen LogP) is 0.421. The minimum Gasteiger partial charge on any atom is -0.463 e. The topological polar surface area (TPSA) is 81.1 Å². The van der Waals surface area contributed by atoms with Crippen molar-refractivity contribution in [3.05, 3.63) is 5.82 Å². The van der Waals surface area contributed by atoms with Crippen LogP contribution in [0.15, 0.2) is 0 Å². The van der Waals surface area contributed by atoms with E-state index in [1.54, 1.807) is 0 Å². The number of fused-ring (bicyclic) bond motifs is 1. The molecule has 7 nitrogen and oxygen atoms in total. The molecule has 0 aliphatic carbocycles. The number of methoxy groups -OCH3 is 1. The first-order valence-corrected chi connectivity index (χ1v) is 6.79. The highest BCUT2D eigenvalue weighted by atomic mass is 16.5. The fraction of sp³-hybridized carbons (Fsp3) is 0.750. The molecule has 19 heavy (non-hydrogen) atoms. The number of hydrogen-bond acceptors (Lipinski definition) is 6. The van der Waals surface area contributed by atoms with Gasteiger partial charge in [0.15, 0.2) is 0 Å². The van der Waals surface area contributed by atoms with E-state index >= 15 is 0 Å². The molecule has 2 aliphatic rings. The van der Waals surface area contributed by atoms with Gasteiger partial charge >= 0.3 is 5.97 Å². The lowest BCUT2D eigenvalue weighted by atomic mass is 9.89. The van der Waals surface area contributed by atoms with Gasteiger partial charge in [0.05, 0.1) is 13.2 Å². The van der Waals surface area contributed by atoms with Crippen LogP contribution in [0.1, 0.15) is 35.9 Å². The summed E-state index contributed by atoms with van der Waals surface area (Å²) in [7, 11) is 1.35. The summed E-state index contributed by atoms with van der Waals surface area (Å²) in [5.74, 6) is 0.897. The third-order valence-electron chi connectivity index (χ3n) is 3.92. The molecular weight excluding hydrogens is 246 g/mol. The lowest BCUT2D eigenvalue weighted by Crippen LogP contribution is -2.38. The molecule has 3 rings (SSSR count). The van der Waals surface area contributed by atoms with Crippen molar-refractivity contribution in [2.45, 2.75) is 25.3 Å². The van der Waals surface area contributed by atoms with Crippen molar-refractivity contribution in [2.75, 3.05) is 32.1 Å². The molecule has 0 radical (unpaired) electrons. The van der Waals surface area contributed by atoms with Crippen LogP contribution in [0.5, 0.6) is 0 Å². The highest BCUT2D eigenvalue weighted by Crippen LogP contribution is 2.32. The molecule has 0 bridgehead atoms. The van der Waals surface area contributed by atoms with Crippen LogP contribution in [0.4, 0.5) is 5.95 Å². The molecule has 0 spiro atoms. The van der Waals surface area contributed by atoms with Crippen LogP contribution >= 0.6 is 0 Å². The number of nitrogens with zero attached hydrogens (tertiary/aromatic N) is 3. The average Bonchev–Trinajstić information content (AvgIpc) is 2.91. The van der Waals surface area contributed by atoms with Gasteiger partial charge in [-0.3, -0.25) is 0 Å². The monoisotopic (exact) mass is 265 g/mol. The number of carbonyl (C=O) groups excluding carboxylic acids is 1. The maximum absolute atomic E-state index is 11.5. The van der Waals surface area contributed by atoms with Gasteiger partial charge in [-0.05, 0) is 38.3 Å². The second-order valence-corrected chi connectivity index (χ2v) is 5.08. The lowest BCUT2D eigenvalue weighted by Gasteiger charge is -2.33. The lowest BCUT2D eigenvalue weighted by molar-refractivity contribution is 0.0585. The summed E-state index contributed by atoms with van der Waals surface area (Å²) in [4.78, 5) is 15.7. The standard InChI is InChI=1S/C12H19N5O2/c1-19-11(18)10-15-12-14-6-4-9(17(12)16-10)8-3-2-5-13-7-8/h8-9,13H,2-7H2,1H3,(H,14,15,16). The number of anilines is 1. The minimum absolute atomic E-state index is 0.140. The van der Waals surface area contributed by atoms with Crippen LogP contribution in [0.3, 0.4) is 0 Å². The Balaban J connectivity index is 1.86. The Morgan fingerprint density at radius 1 is 1.42 bits per heavy atom. The molecule has 2 unspecified atom stereocenters. The number of piperidine rings is 1. The number of aromatic nitrogens is 3. The SMILES string of the molecule is COC(=O)c1nc2n(n1)C(C1CCCNC1)CCN2. The highest BCUT2D eigenvalue weighted by molar-refractivity contribution is 5.85. The maximum atomic E-state index is 11.5. The number of hydrogen-bond donors (Lipinski definition) is 2. The van der Waals surface area contributed by atoms with Crippen molar-refractivity contribution < 1.29 is 9.53 Å². The molecule has 0 aromatic carbocycles. The van der Waals surface area contributed by atoms with Gasteiger partial charge in [-0.15, -0.1) is 5.10 Å². The molecule has 1 saturated heterocycles. The Labute approximate surface area is 111 Å². The summed E-state index contributed by atoms with van der Waals surface area (Å²) in [6.07, 6.45) is 3.41. The molecule has 2 atom stereocenters. The van der Waals surface area contributed by atoms with Gasteiger partial charge in [0.2, 0.25) is 5.95 Å². The van der Waals surface area contributed by atoms with Crippen molar-refractivity contribution in [3.8, 4) is 0 Å². The second-order valence-electron chi connectivity index (χ2n) is 5.08. The Morgan fingerprint density at radius 2 is 2.32 bits per heavy atom. The van der Waals surface area contributed by atoms with Crippen molar-refractivity contribution in [1.82, 2.24) is 20.1 Å². The third-order valence-corrected chi connectivity index (χ3v) is 3.92. The van der Waals surface area contributed by atoms with E-state index in [9.17, 15) is 4.79 Å². The normalized spacial score (nSPS) is 26.4. The molecule has 104 valence electrons. The Hall–Kier alpha value is -1.63. The van der Waals surface area contributed by atoms with E-state index in [0.29, 0.717) is 17.9 Å². The molecule has 3 heterocycles. The van der Waals surface area contributed by atoms with E-state index in [2.05, 4.69) is 25.5 Å². The quantitative estimate of drug-likeness (QED) is 0.754. The van der Waals surface area contributed by atoms with Gasteiger partial charge in [-0.25, -0.2) is 9.48 Å². The van der Waals surface area contributed by atoms with Crippen LogP contribution in [0.2, 0.25) is 0 Å². The summed E-state index contributed by atoms with van der Waals surface area (Å²) in [6, 6.07) is 0.315. The van der Waals surface area contributed by atoms with Gasteiger partial charge in [0, 0.05) is 6.54 Å². The number of nitrogens with one attached hydrogen (secondary N) is 2. The first kappa shape index (κ1) is 12.4. The molecule has 2 N–H and O–H groups in total. The third kappa shape index (κ3) is 2.30. The van der Waals surface area contributed by atoms with Gasteiger partial charge < -0.3 is 15.4 Å². The number of esters is 1. The Kier molecular flexibility index (Phi) is 3.37. The van der Waals surface area contributed by atoms with Gasteiger partial charge in [0.25, 0.3) is 5.82 Å². The molecule has 1 fully saturated rings. The Bertz CT molecular complexity index is 467. The fourth-order valence-electron chi connectivity index (χ4n) is 2.95. The van der Waals surface area contributed by atoms with Crippen LogP contribution in [-0.4, -0.2) is 47.5 Å². The summed E-state index contributed by atoms with van der Waals surface area (Å²) < 4.78 is 6.55. The summed E-state index contributed by atoms with van der Waals surface area (Å²) in [6.45, 7) is 2.98. The molecule has 2 aliphatic heterocycles. The van der Waals surface area contributed by atoms with E-state index in [-0.39, 0.29) is 5.82 Å². The van der Waals surface area contributed by atoms with Crippen molar-refractivity contribution in [2.24, 2.45) is 5.92 Å². The van der Waals surface area contributed by atoms with Crippen molar-refractivity contribution in [1.29, 1.82) is 0 Å².